The van der Waals surface area contributed by atoms with Crippen LogP contribution in [-0.2, 0) is 0 Å². The molecule has 20 heavy (non-hydrogen) atoms. The Morgan fingerprint density at radius 1 is 1.05 bits per heavy atom. The third kappa shape index (κ3) is 3.00. The van der Waals surface area contributed by atoms with Crippen LogP contribution >= 0.6 is 0 Å². The van der Waals surface area contributed by atoms with Gasteiger partial charge in [-0.1, -0.05) is 6.07 Å². The highest BCUT2D eigenvalue weighted by atomic mass is 16.5. The zero-order chi connectivity index (χ0) is 14.5. The number of hydrogen-bond acceptors (Lipinski definition) is 4. The summed E-state index contributed by atoms with van der Waals surface area (Å²) >= 11 is 0. The lowest BCUT2D eigenvalue weighted by molar-refractivity contribution is 0.102. The first-order valence-corrected chi connectivity index (χ1v) is 5.96. The molecule has 5 nitrogen and oxygen atoms in total. The van der Waals surface area contributed by atoms with Gasteiger partial charge in [0.25, 0.3) is 5.91 Å². The summed E-state index contributed by atoms with van der Waals surface area (Å²) in [6.45, 7) is 0. The lowest BCUT2D eigenvalue weighted by atomic mass is 10.1. The van der Waals surface area contributed by atoms with Crippen molar-refractivity contribution in [2.24, 2.45) is 0 Å². The maximum atomic E-state index is 12.1. The second-order valence-electron chi connectivity index (χ2n) is 4.07. The van der Waals surface area contributed by atoms with Crippen molar-refractivity contribution in [3.63, 3.8) is 0 Å². The molecule has 0 heterocycles. The van der Waals surface area contributed by atoms with Crippen LogP contribution in [0.1, 0.15) is 10.4 Å². The number of rotatable bonds is 4. The second-order valence-corrected chi connectivity index (χ2v) is 4.07. The molecule has 0 unspecified atom stereocenters. The summed E-state index contributed by atoms with van der Waals surface area (Å²) in [5.74, 6) is 0.608. The molecule has 5 heteroatoms. The number of benzene rings is 2. The SMILES string of the molecule is COc1cccc(NC(=O)c2cc(OC)ccc2O)c1. The van der Waals surface area contributed by atoms with E-state index in [1.54, 1.807) is 37.4 Å². The number of anilines is 1. The Labute approximate surface area is 116 Å². The summed E-state index contributed by atoms with van der Waals surface area (Å²) in [6.07, 6.45) is 0. The fraction of sp³-hybridized carbons (Fsp3) is 0.133. The monoisotopic (exact) mass is 273 g/mol. The number of amides is 1. The molecule has 2 aromatic carbocycles. The molecule has 0 saturated carbocycles. The largest absolute Gasteiger partial charge is 0.507 e. The number of phenolic OH excluding ortho intramolecular Hbond substituents is 1. The van der Waals surface area contributed by atoms with Crippen LogP contribution in [0.15, 0.2) is 42.5 Å². The zero-order valence-electron chi connectivity index (χ0n) is 11.2. The number of nitrogens with one attached hydrogen (secondary N) is 1. The van der Waals surface area contributed by atoms with E-state index in [-0.39, 0.29) is 11.3 Å². The van der Waals surface area contributed by atoms with Gasteiger partial charge in [0.2, 0.25) is 0 Å². The van der Waals surface area contributed by atoms with Crippen molar-refractivity contribution in [3.05, 3.63) is 48.0 Å². The lowest BCUT2D eigenvalue weighted by Gasteiger charge is -2.09. The quantitative estimate of drug-likeness (QED) is 0.898. The molecular weight excluding hydrogens is 258 g/mol. The van der Waals surface area contributed by atoms with Gasteiger partial charge >= 0.3 is 0 Å². The van der Waals surface area contributed by atoms with Gasteiger partial charge in [0.05, 0.1) is 19.8 Å². The average molecular weight is 273 g/mol. The highest BCUT2D eigenvalue weighted by molar-refractivity contribution is 6.06. The number of ether oxygens (including phenoxy) is 2. The van der Waals surface area contributed by atoms with Gasteiger partial charge < -0.3 is 19.9 Å². The normalized spacial score (nSPS) is 9.90. The molecule has 0 fully saturated rings. The van der Waals surface area contributed by atoms with Crippen molar-refractivity contribution in [2.45, 2.75) is 0 Å². The topological polar surface area (TPSA) is 67.8 Å². The zero-order valence-corrected chi connectivity index (χ0v) is 11.2. The van der Waals surface area contributed by atoms with Gasteiger partial charge in [0, 0.05) is 11.8 Å². The lowest BCUT2D eigenvalue weighted by Crippen LogP contribution is -2.12. The van der Waals surface area contributed by atoms with E-state index in [9.17, 15) is 9.90 Å². The Hall–Kier alpha value is -2.69. The van der Waals surface area contributed by atoms with Gasteiger partial charge in [0.15, 0.2) is 0 Å². The Balaban J connectivity index is 2.23. The minimum atomic E-state index is -0.422. The van der Waals surface area contributed by atoms with Crippen molar-refractivity contribution in [1.29, 1.82) is 0 Å². The van der Waals surface area contributed by atoms with Crippen molar-refractivity contribution in [3.8, 4) is 17.2 Å². The molecule has 0 aliphatic carbocycles. The summed E-state index contributed by atoms with van der Waals surface area (Å²) in [5, 5.41) is 12.4. The average Bonchev–Trinajstić information content (AvgIpc) is 2.47. The van der Waals surface area contributed by atoms with Crippen molar-refractivity contribution >= 4 is 11.6 Å². The third-order valence-corrected chi connectivity index (χ3v) is 2.78. The first kappa shape index (κ1) is 13.7. The molecule has 2 N–H and O–H groups in total. The third-order valence-electron chi connectivity index (χ3n) is 2.78. The minimum absolute atomic E-state index is 0.105. The van der Waals surface area contributed by atoms with E-state index in [2.05, 4.69) is 5.32 Å². The molecular formula is C15H15NO4. The van der Waals surface area contributed by atoms with E-state index in [0.717, 1.165) is 0 Å². The summed E-state index contributed by atoms with van der Waals surface area (Å²) in [5.41, 5.74) is 0.726. The molecule has 104 valence electrons. The van der Waals surface area contributed by atoms with Crippen LogP contribution in [0.25, 0.3) is 0 Å². The van der Waals surface area contributed by atoms with Crippen LogP contribution in [0.3, 0.4) is 0 Å². The predicted molar refractivity (Wildman–Crippen MR) is 75.6 cm³/mol. The van der Waals surface area contributed by atoms with Gasteiger partial charge in [-0.2, -0.15) is 0 Å². The molecule has 1 amide bonds. The Morgan fingerprint density at radius 3 is 2.45 bits per heavy atom. The summed E-state index contributed by atoms with van der Waals surface area (Å²) in [6, 6.07) is 11.4. The molecule has 2 aromatic rings. The number of methoxy groups -OCH3 is 2. The first-order valence-electron chi connectivity index (χ1n) is 5.96. The van der Waals surface area contributed by atoms with E-state index >= 15 is 0 Å². The maximum Gasteiger partial charge on any atom is 0.259 e. The number of aromatic hydroxyl groups is 1. The van der Waals surface area contributed by atoms with Crippen LogP contribution in [0.2, 0.25) is 0 Å². The summed E-state index contributed by atoms with van der Waals surface area (Å²) < 4.78 is 10.1. The molecule has 0 aromatic heterocycles. The van der Waals surface area contributed by atoms with Crippen LogP contribution in [0, 0.1) is 0 Å². The highest BCUT2D eigenvalue weighted by Crippen LogP contribution is 2.24. The van der Waals surface area contributed by atoms with Gasteiger partial charge in [0.1, 0.15) is 17.2 Å². The first-order chi connectivity index (χ1) is 9.63. The van der Waals surface area contributed by atoms with Gasteiger partial charge in [-0.15, -0.1) is 0 Å². The van der Waals surface area contributed by atoms with Crippen LogP contribution in [0.5, 0.6) is 17.2 Å². The molecule has 0 aliphatic rings. The fourth-order valence-corrected chi connectivity index (χ4v) is 1.72. The Morgan fingerprint density at radius 2 is 1.75 bits per heavy atom. The molecule has 0 aliphatic heterocycles. The molecule has 2 rings (SSSR count). The van der Waals surface area contributed by atoms with Gasteiger partial charge in [-0.05, 0) is 30.3 Å². The molecule has 0 saturated heterocycles. The molecule has 0 spiro atoms. The van der Waals surface area contributed by atoms with Gasteiger partial charge in [-0.3, -0.25) is 4.79 Å². The van der Waals surface area contributed by atoms with Crippen molar-refractivity contribution in [1.82, 2.24) is 0 Å². The summed E-state index contributed by atoms with van der Waals surface area (Å²) in [4.78, 5) is 12.1. The van der Waals surface area contributed by atoms with E-state index in [4.69, 9.17) is 9.47 Å². The van der Waals surface area contributed by atoms with E-state index in [0.29, 0.717) is 17.2 Å². The molecule has 0 bridgehead atoms. The van der Waals surface area contributed by atoms with E-state index in [1.165, 1.54) is 19.2 Å². The smallest absolute Gasteiger partial charge is 0.259 e. The molecule has 0 atom stereocenters. The number of carbonyl (C=O) groups is 1. The minimum Gasteiger partial charge on any atom is -0.507 e. The molecule has 0 radical (unpaired) electrons. The van der Waals surface area contributed by atoms with Crippen molar-refractivity contribution in [2.75, 3.05) is 19.5 Å². The predicted octanol–water partition coefficient (Wildman–Crippen LogP) is 2.66. The number of hydrogen-bond donors (Lipinski definition) is 2. The second kappa shape index (κ2) is 5.97. The van der Waals surface area contributed by atoms with E-state index in [1.807, 2.05) is 0 Å². The van der Waals surface area contributed by atoms with Gasteiger partial charge in [-0.25, -0.2) is 0 Å². The van der Waals surface area contributed by atoms with E-state index < -0.39 is 5.91 Å². The van der Waals surface area contributed by atoms with Crippen molar-refractivity contribution < 1.29 is 19.4 Å². The number of phenols is 1. The number of carbonyl (C=O) groups excluding carboxylic acids is 1. The fourth-order valence-electron chi connectivity index (χ4n) is 1.72. The standard InChI is InChI=1S/C15H15NO4/c1-19-11-5-3-4-10(8-11)16-15(18)13-9-12(20-2)6-7-14(13)17/h3-9,17H,1-2H3,(H,16,18). The van der Waals surface area contributed by atoms with Crippen LogP contribution in [-0.4, -0.2) is 25.2 Å². The highest BCUT2D eigenvalue weighted by Gasteiger charge is 2.13. The maximum absolute atomic E-state index is 12.1. The van der Waals surface area contributed by atoms with Crippen LogP contribution in [0.4, 0.5) is 5.69 Å². The summed E-state index contributed by atoms with van der Waals surface area (Å²) in [7, 11) is 3.05. The Bertz CT molecular complexity index is 625. The van der Waals surface area contributed by atoms with Crippen LogP contribution < -0.4 is 14.8 Å². The Kier molecular flexibility index (Phi) is 4.10.